The topological polar surface area (TPSA) is 37.8 Å². The Morgan fingerprint density at radius 3 is 2.80 bits per heavy atom. The van der Waals surface area contributed by atoms with Gasteiger partial charge in [-0.3, -0.25) is 0 Å². The monoisotopic (exact) mass is 225 g/mol. The van der Waals surface area contributed by atoms with Gasteiger partial charge in [-0.25, -0.2) is 4.98 Å². The highest BCUT2D eigenvalue weighted by Crippen LogP contribution is 2.29. The maximum Gasteiger partial charge on any atom is 0.202 e. The Balaban J connectivity index is 1.89. The largest absolute Gasteiger partial charge is 0.358 e. The Bertz CT molecular complexity index is 305. The van der Waals surface area contributed by atoms with Crippen LogP contribution < -0.4 is 5.32 Å². The van der Waals surface area contributed by atoms with Crippen molar-refractivity contribution in [3.05, 3.63) is 5.82 Å². The number of nitrogens with one attached hydrogen (secondary N) is 1. The summed E-state index contributed by atoms with van der Waals surface area (Å²) in [6.45, 7) is 4.36. The van der Waals surface area contributed by atoms with Gasteiger partial charge in [0.2, 0.25) is 5.13 Å². The van der Waals surface area contributed by atoms with Crippen LogP contribution in [0.2, 0.25) is 0 Å². The van der Waals surface area contributed by atoms with E-state index in [0.717, 1.165) is 23.3 Å². The summed E-state index contributed by atoms with van der Waals surface area (Å²) in [6, 6.07) is 0.546. The van der Waals surface area contributed by atoms with Crippen LogP contribution in [0.3, 0.4) is 0 Å². The van der Waals surface area contributed by atoms with Crippen LogP contribution in [0.25, 0.3) is 0 Å². The van der Waals surface area contributed by atoms with Gasteiger partial charge in [-0.15, -0.1) is 0 Å². The van der Waals surface area contributed by atoms with Crippen LogP contribution in [-0.2, 0) is 6.42 Å². The highest BCUT2D eigenvalue weighted by molar-refractivity contribution is 7.09. The highest BCUT2D eigenvalue weighted by atomic mass is 32.1. The van der Waals surface area contributed by atoms with Gasteiger partial charge in [0.1, 0.15) is 5.82 Å². The van der Waals surface area contributed by atoms with Crippen molar-refractivity contribution in [1.29, 1.82) is 0 Å². The van der Waals surface area contributed by atoms with Crippen molar-refractivity contribution in [2.45, 2.75) is 52.0 Å². The van der Waals surface area contributed by atoms with Crippen molar-refractivity contribution < 1.29 is 0 Å². The summed E-state index contributed by atoms with van der Waals surface area (Å²) in [7, 11) is 0. The highest BCUT2D eigenvalue weighted by Gasteiger charge is 2.22. The van der Waals surface area contributed by atoms with Gasteiger partial charge in [0.25, 0.3) is 0 Å². The minimum Gasteiger partial charge on any atom is -0.358 e. The summed E-state index contributed by atoms with van der Waals surface area (Å²) in [6.07, 6.45) is 6.46. The lowest BCUT2D eigenvalue weighted by Crippen LogP contribution is -2.23. The Morgan fingerprint density at radius 2 is 2.20 bits per heavy atom. The molecule has 0 radical (unpaired) electrons. The zero-order valence-corrected chi connectivity index (χ0v) is 10.3. The molecule has 0 spiro atoms. The first-order chi connectivity index (χ1) is 7.29. The van der Waals surface area contributed by atoms with E-state index in [1.165, 1.54) is 37.2 Å². The van der Waals surface area contributed by atoms with E-state index in [-0.39, 0.29) is 0 Å². The molecule has 1 saturated carbocycles. The lowest BCUT2D eigenvalue weighted by atomic mass is 10.0. The number of aromatic nitrogens is 2. The van der Waals surface area contributed by atoms with Gasteiger partial charge in [-0.1, -0.05) is 19.8 Å². The SMILES string of the molecule is CCc1nsc(NC(C)C2CCCC2)n1. The van der Waals surface area contributed by atoms with Gasteiger partial charge in [0.15, 0.2) is 0 Å². The third-order valence-corrected chi connectivity index (χ3v) is 3.93. The molecule has 4 heteroatoms. The Morgan fingerprint density at radius 1 is 1.47 bits per heavy atom. The molecule has 1 atom stereocenters. The average molecular weight is 225 g/mol. The number of nitrogens with zero attached hydrogens (tertiary/aromatic N) is 2. The Hall–Kier alpha value is -0.640. The molecule has 0 aliphatic heterocycles. The van der Waals surface area contributed by atoms with Crippen LogP contribution >= 0.6 is 11.5 Å². The predicted molar refractivity (Wildman–Crippen MR) is 64.3 cm³/mol. The summed E-state index contributed by atoms with van der Waals surface area (Å²) in [5.74, 6) is 1.79. The lowest BCUT2D eigenvalue weighted by Gasteiger charge is -2.19. The number of hydrogen-bond acceptors (Lipinski definition) is 4. The third-order valence-electron chi connectivity index (χ3n) is 3.24. The molecule has 1 aromatic rings. The van der Waals surface area contributed by atoms with Crippen molar-refractivity contribution >= 4 is 16.7 Å². The number of aryl methyl sites for hydroxylation is 1. The molecule has 1 fully saturated rings. The maximum atomic E-state index is 4.44. The van der Waals surface area contributed by atoms with Crippen molar-refractivity contribution in [1.82, 2.24) is 9.36 Å². The Labute approximate surface area is 95.5 Å². The van der Waals surface area contributed by atoms with Gasteiger partial charge in [-0.05, 0) is 25.7 Å². The van der Waals surface area contributed by atoms with E-state index in [1.807, 2.05) is 0 Å². The lowest BCUT2D eigenvalue weighted by molar-refractivity contribution is 0.482. The second kappa shape index (κ2) is 4.92. The molecular formula is C11H19N3S. The summed E-state index contributed by atoms with van der Waals surface area (Å²) >= 11 is 1.49. The zero-order chi connectivity index (χ0) is 10.7. The average Bonchev–Trinajstić information content (AvgIpc) is 2.87. The summed E-state index contributed by atoms with van der Waals surface area (Å²) < 4.78 is 4.28. The van der Waals surface area contributed by atoms with Gasteiger partial charge < -0.3 is 5.32 Å². The molecule has 1 heterocycles. The molecule has 1 N–H and O–H groups in total. The third kappa shape index (κ3) is 2.68. The summed E-state index contributed by atoms with van der Waals surface area (Å²) in [4.78, 5) is 4.44. The smallest absolute Gasteiger partial charge is 0.202 e. The van der Waals surface area contributed by atoms with Crippen LogP contribution in [0.15, 0.2) is 0 Å². The second-order valence-corrected chi connectivity index (χ2v) is 5.10. The molecule has 0 amide bonds. The molecule has 3 nitrogen and oxygen atoms in total. The molecular weight excluding hydrogens is 206 g/mol. The van der Waals surface area contributed by atoms with Crippen molar-refractivity contribution in [2.24, 2.45) is 5.92 Å². The van der Waals surface area contributed by atoms with E-state index >= 15 is 0 Å². The molecule has 1 aliphatic carbocycles. The van der Waals surface area contributed by atoms with E-state index < -0.39 is 0 Å². The van der Waals surface area contributed by atoms with Crippen LogP contribution in [0.1, 0.15) is 45.4 Å². The molecule has 1 aliphatic rings. The van der Waals surface area contributed by atoms with Gasteiger partial charge in [0.05, 0.1) is 0 Å². The molecule has 1 aromatic heterocycles. The van der Waals surface area contributed by atoms with Crippen LogP contribution in [-0.4, -0.2) is 15.4 Å². The fourth-order valence-corrected chi connectivity index (χ4v) is 2.97. The van der Waals surface area contributed by atoms with Crippen LogP contribution in [0, 0.1) is 5.92 Å². The first-order valence-corrected chi connectivity index (χ1v) is 6.66. The molecule has 0 bridgehead atoms. The van der Waals surface area contributed by atoms with E-state index in [0.29, 0.717) is 6.04 Å². The number of hydrogen-bond donors (Lipinski definition) is 1. The first-order valence-electron chi connectivity index (χ1n) is 5.88. The van der Waals surface area contributed by atoms with Crippen LogP contribution in [0.5, 0.6) is 0 Å². The van der Waals surface area contributed by atoms with E-state index in [9.17, 15) is 0 Å². The molecule has 2 rings (SSSR count). The molecule has 84 valence electrons. The summed E-state index contributed by atoms with van der Waals surface area (Å²) in [5.41, 5.74) is 0. The molecule has 15 heavy (non-hydrogen) atoms. The van der Waals surface area contributed by atoms with Gasteiger partial charge >= 0.3 is 0 Å². The van der Waals surface area contributed by atoms with Gasteiger partial charge in [-0.2, -0.15) is 4.37 Å². The molecule has 0 aromatic carbocycles. The molecule has 0 saturated heterocycles. The summed E-state index contributed by atoms with van der Waals surface area (Å²) in [5, 5.41) is 4.48. The van der Waals surface area contributed by atoms with Crippen LogP contribution in [0.4, 0.5) is 5.13 Å². The van der Waals surface area contributed by atoms with E-state index in [2.05, 4.69) is 28.5 Å². The van der Waals surface area contributed by atoms with E-state index in [4.69, 9.17) is 0 Å². The zero-order valence-electron chi connectivity index (χ0n) is 9.49. The normalized spacial score (nSPS) is 19.3. The predicted octanol–water partition coefficient (Wildman–Crippen LogP) is 3.09. The first kappa shape index (κ1) is 10.9. The fraction of sp³-hybridized carbons (Fsp3) is 0.818. The van der Waals surface area contributed by atoms with Crippen molar-refractivity contribution in [2.75, 3.05) is 5.32 Å². The minimum absolute atomic E-state index is 0.546. The maximum absolute atomic E-state index is 4.44. The standard InChI is InChI=1S/C11H19N3S/c1-3-10-13-11(15-14-10)12-8(2)9-6-4-5-7-9/h8-9H,3-7H2,1-2H3,(H,12,13,14). The van der Waals surface area contributed by atoms with Gasteiger partial charge in [0, 0.05) is 24.0 Å². The molecule has 1 unspecified atom stereocenters. The second-order valence-electron chi connectivity index (χ2n) is 4.35. The van der Waals surface area contributed by atoms with Crippen molar-refractivity contribution in [3.63, 3.8) is 0 Å². The number of anilines is 1. The van der Waals surface area contributed by atoms with Crippen molar-refractivity contribution in [3.8, 4) is 0 Å². The number of rotatable bonds is 4. The quantitative estimate of drug-likeness (QED) is 0.855. The fourth-order valence-electron chi connectivity index (χ4n) is 2.23. The van der Waals surface area contributed by atoms with E-state index in [1.54, 1.807) is 0 Å². The minimum atomic E-state index is 0.546. The Kier molecular flexibility index (Phi) is 3.57.